The van der Waals surface area contributed by atoms with Crippen LogP contribution in [0.25, 0.3) is 0 Å². The second-order valence-corrected chi connectivity index (χ2v) is 9.65. The fourth-order valence-electron chi connectivity index (χ4n) is 3.18. The van der Waals surface area contributed by atoms with Gasteiger partial charge >= 0.3 is 19.7 Å². The average molecular weight is 477 g/mol. The molecule has 0 aliphatic rings. The van der Waals surface area contributed by atoms with Gasteiger partial charge in [-0.3, -0.25) is 9.09 Å². The minimum absolute atomic E-state index is 0.0740. The van der Waals surface area contributed by atoms with E-state index >= 15 is 0 Å². The quantitative estimate of drug-likeness (QED) is 0.250. The zero-order chi connectivity index (χ0) is 23.9. The first-order chi connectivity index (χ1) is 15.9. The normalized spacial score (nSPS) is 13.6. The summed E-state index contributed by atoms with van der Waals surface area (Å²) in [6.07, 6.45) is 0.920. The van der Waals surface area contributed by atoms with Crippen molar-refractivity contribution in [2.24, 2.45) is 0 Å². The lowest BCUT2D eigenvalue weighted by Crippen LogP contribution is -2.26. The largest absolute Gasteiger partial charge is 0.479 e. The standard InChI is InChI=1S/C24H32NO7P/c26-23(27)22(32-33(29,30)18-10-8-13-20-11-3-1-4-12-20)16-7-9-17-25-24(28)31-19-21-14-5-2-6-15-21/h1-6,11-12,14-15,22H,7-10,13,16-19H2,(H,25,28)(H,26,27)(H,29,30). The third-order valence-corrected chi connectivity index (χ3v) is 6.41. The molecule has 9 heteroatoms. The van der Waals surface area contributed by atoms with Crippen LogP contribution in [0.1, 0.15) is 43.2 Å². The maximum atomic E-state index is 12.3. The van der Waals surface area contributed by atoms with Gasteiger partial charge in [0.25, 0.3) is 0 Å². The summed E-state index contributed by atoms with van der Waals surface area (Å²) in [7, 11) is -4.00. The Morgan fingerprint density at radius 1 is 0.909 bits per heavy atom. The molecule has 0 fully saturated rings. The molecule has 180 valence electrons. The zero-order valence-corrected chi connectivity index (χ0v) is 19.5. The molecule has 0 aliphatic carbocycles. The predicted molar refractivity (Wildman–Crippen MR) is 125 cm³/mol. The van der Waals surface area contributed by atoms with Gasteiger partial charge in [-0.25, -0.2) is 9.59 Å². The lowest BCUT2D eigenvalue weighted by molar-refractivity contribution is -0.145. The van der Waals surface area contributed by atoms with Gasteiger partial charge in [-0.05, 0) is 49.7 Å². The highest BCUT2D eigenvalue weighted by Gasteiger charge is 2.28. The van der Waals surface area contributed by atoms with Crippen molar-refractivity contribution in [2.75, 3.05) is 12.7 Å². The van der Waals surface area contributed by atoms with Crippen molar-refractivity contribution in [1.29, 1.82) is 0 Å². The first kappa shape index (κ1) is 26.6. The van der Waals surface area contributed by atoms with E-state index in [0.717, 1.165) is 17.5 Å². The van der Waals surface area contributed by atoms with Gasteiger partial charge in [0.1, 0.15) is 6.61 Å². The molecule has 0 bridgehead atoms. The van der Waals surface area contributed by atoms with Crippen LogP contribution in [0.5, 0.6) is 0 Å². The molecule has 33 heavy (non-hydrogen) atoms. The third-order valence-electron chi connectivity index (χ3n) is 4.94. The lowest BCUT2D eigenvalue weighted by atomic mass is 10.1. The summed E-state index contributed by atoms with van der Waals surface area (Å²) < 4.78 is 22.5. The number of aryl methyl sites for hydroxylation is 1. The van der Waals surface area contributed by atoms with Gasteiger partial charge < -0.3 is 20.1 Å². The van der Waals surface area contributed by atoms with Crippen molar-refractivity contribution in [3.8, 4) is 0 Å². The number of aliphatic carboxylic acids is 1. The van der Waals surface area contributed by atoms with Gasteiger partial charge in [-0.2, -0.15) is 0 Å². The molecule has 0 aliphatic heterocycles. The number of alkyl carbamates (subject to hydrolysis) is 1. The molecule has 0 aromatic heterocycles. The van der Waals surface area contributed by atoms with Crippen molar-refractivity contribution in [3.63, 3.8) is 0 Å². The van der Waals surface area contributed by atoms with Crippen molar-refractivity contribution in [1.82, 2.24) is 5.32 Å². The lowest BCUT2D eigenvalue weighted by Gasteiger charge is -2.18. The Hall–Kier alpha value is -2.67. The van der Waals surface area contributed by atoms with E-state index in [1.165, 1.54) is 0 Å². The van der Waals surface area contributed by atoms with Gasteiger partial charge in [-0.1, -0.05) is 60.7 Å². The maximum Gasteiger partial charge on any atom is 0.407 e. The number of hydrogen-bond acceptors (Lipinski definition) is 5. The summed E-state index contributed by atoms with van der Waals surface area (Å²) in [5.74, 6) is -1.27. The van der Waals surface area contributed by atoms with Crippen molar-refractivity contribution >= 4 is 19.7 Å². The minimum atomic E-state index is -4.00. The van der Waals surface area contributed by atoms with Crippen LogP contribution in [0.15, 0.2) is 60.7 Å². The number of carboxylic acids is 1. The molecule has 0 saturated heterocycles. The number of carbonyl (C=O) groups excluding carboxylic acids is 1. The summed E-state index contributed by atoms with van der Waals surface area (Å²) in [5.41, 5.74) is 2.02. The molecular weight excluding hydrogens is 445 g/mol. The van der Waals surface area contributed by atoms with E-state index in [2.05, 4.69) is 5.32 Å². The molecule has 0 heterocycles. The number of nitrogens with one attached hydrogen (secondary N) is 1. The highest BCUT2D eigenvalue weighted by atomic mass is 31.2. The SMILES string of the molecule is O=C(NCCCCC(OP(=O)(O)CCCCc1ccccc1)C(=O)O)OCc1ccccc1. The molecule has 0 spiro atoms. The molecule has 0 saturated carbocycles. The zero-order valence-electron chi connectivity index (χ0n) is 18.6. The van der Waals surface area contributed by atoms with Crippen LogP contribution < -0.4 is 5.32 Å². The van der Waals surface area contributed by atoms with E-state index < -0.39 is 25.8 Å². The fraction of sp³-hybridized carbons (Fsp3) is 0.417. The highest BCUT2D eigenvalue weighted by Crippen LogP contribution is 2.45. The molecule has 2 rings (SSSR count). The summed E-state index contributed by atoms with van der Waals surface area (Å²) in [6.45, 7) is 0.467. The fourth-order valence-corrected chi connectivity index (χ4v) is 4.50. The van der Waals surface area contributed by atoms with E-state index in [4.69, 9.17) is 9.26 Å². The number of benzene rings is 2. The van der Waals surface area contributed by atoms with E-state index in [-0.39, 0.29) is 19.2 Å². The average Bonchev–Trinajstić information content (AvgIpc) is 2.81. The van der Waals surface area contributed by atoms with Gasteiger partial charge in [0.15, 0.2) is 6.10 Å². The van der Waals surface area contributed by atoms with Crippen molar-refractivity contribution < 1.29 is 33.4 Å². The monoisotopic (exact) mass is 477 g/mol. The molecule has 0 radical (unpaired) electrons. The van der Waals surface area contributed by atoms with Crippen LogP contribution in [-0.4, -0.2) is 40.9 Å². The Labute approximate surface area is 194 Å². The maximum absolute atomic E-state index is 12.3. The van der Waals surface area contributed by atoms with Gasteiger partial charge in [0, 0.05) is 6.54 Å². The highest BCUT2D eigenvalue weighted by molar-refractivity contribution is 7.52. The van der Waals surface area contributed by atoms with Crippen LogP contribution in [-0.2, 0) is 31.6 Å². The smallest absolute Gasteiger partial charge is 0.407 e. The van der Waals surface area contributed by atoms with Crippen LogP contribution >= 0.6 is 7.60 Å². The van der Waals surface area contributed by atoms with Gasteiger partial charge in [-0.15, -0.1) is 0 Å². The summed E-state index contributed by atoms with van der Waals surface area (Å²) >= 11 is 0. The van der Waals surface area contributed by atoms with E-state index in [9.17, 15) is 24.2 Å². The van der Waals surface area contributed by atoms with Gasteiger partial charge in [0.05, 0.1) is 6.16 Å². The van der Waals surface area contributed by atoms with Gasteiger partial charge in [0.2, 0.25) is 0 Å². The van der Waals surface area contributed by atoms with Crippen molar-refractivity contribution in [2.45, 2.75) is 51.2 Å². The second kappa shape index (κ2) is 14.5. The molecular formula is C24H32NO7P. The topological polar surface area (TPSA) is 122 Å². The van der Waals surface area contributed by atoms with Crippen molar-refractivity contribution in [3.05, 3.63) is 71.8 Å². The van der Waals surface area contributed by atoms with Crippen LogP contribution in [0, 0.1) is 0 Å². The Kier molecular flexibility index (Phi) is 11.7. The third kappa shape index (κ3) is 11.7. The number of rotatable bonds is 15. The number of hydrogen-bond donors (Lipinski definition) is 3. The number of ether oxygens (including phenoxy) is 1. The molecule has 2 unspecified atom stereocenters. The van der Waals surface area contributed by atoms with Crippen LogP contribution in [0.3, 0.4) is 0 Å². The van der Waals surface area contributed by atoms with E-state index in [1.54, 1.807) is 0 Å². The Morgan fingerprint density at radius 3 is 2.18 bits per heavy atom. The number of carboxylic acid groups (broad SMARTS) is 1. The molecule has 2 atom stereocenters. The Bertz CT molecular complexity index is 892. The van der Waals surface area contributed by atoms with E-state index in [1.807, 2.05) is 60.7 Å². The Morgan fingerprint density at radius 2 is 1.55 bits per heavy atom. The minimum Gasteiger partial charge on any atom is -0.479 e. The Balaban J connectivity index is 1.60. The predicted octanol–water partition coefficient (Wildman–Crippen LogP) is 4.76. The first-order valence-electron chi connectivity index (χ1n) is 11.1. The molecule has 3 N–H and O–H groups in total. The van der Waals surface area contributed by atoms with Crippen LogP contribution in [0.2, 0.25) is 0 Å². The summed E-state index contributed by atoms with van der Waals surface area (Å²) in [6, 6.07) is 19.1. The molecule has 2 aromatic carbocycles. The number of unbranched alkanes of at least 4 members (excludes halogenated alkanes) is 2. The number of carbonyl (C=O) groups is 2. The summed E-state index contributed by atoms with van der Waals surface area (Å²) in [4.78, 5) is 33.2. The molecule has 1 amide bonds. The van der Waals surface area contributed by atoms with E-state index in [0.29, 0.717) is 32.2 Å². The molecule has 2 aromatic rings. The first-order valence-corrected chi connectivity index (χ1v) is 12.8. The second-order valence-electron chi connectivity index (χ2n) is 7.72. The summed E-state index contributed by atoms with van der Waals surface area (Å²) in [5, 5.41) is 11.9. The molecule has 8 nitrogen and oxygen atoms in total. The number of amides is 1. The van der Waals surface area contributed by atoms with Crippen LogP contribution in [0.4, 0.5) is 4.79 Å².